The second-order valence-electron chi connectivity index (χ2n) is 4.56. The standard InChI is InChI=1S/C14H16N2O3S/c1-10(2)7-9-19-12-5-6-13(20(15,17)18)14-11(12)4-3-8-16-14/h3-6,8H,1,7,9H2,2H3,(H2,15,17,18). The first-order valence-electron chi connectivity index (χ1n) is 6.07. The molecule has 0 aliphatic rings. The quantitative estimate of drug-likeness (QED) is 0.857. The molecule has 0 bridgehead atoms. The summed E-state index contributed by atoms with van der Waals surface area (Å²) in [5.74, 6) is 0.585. The molecule has 1 heterocycles. The molecule has 0 amide bonds. The van der Waals surface area contributed by atoms with Crippen LogP contribution in [0, 0.1) is 0 Å². The van der Waals surface area contributed by atoms with Gasteiger partial charge in [0.1, 0.15) is 10.6 Å². The van der Waals surface area contributed by atoms with Gasteiger partial charge < -0.3 is 4.74 Å². The Morgan fingerprint density at radius 2 is 2.15 bits per heavy atom. The lowest BCUT2D eigenvalue weighted by atomic mass is 10.2. The van der Waals surface area contributed by atoms with Crippen LogP contribution in [0.5, 0.6) is 5.75 Å². The zero-order valence-corrected chi connectivity index (χ0v) is 12.0. The molecule has 0 atom stereocenters. The Morgan fingerprint density at radius 1 is 1.40 bits per heavy atom. The van der Waals surface area contributed by atoms with Crippen molar-refractivity contribution in [3.8, 4) is 5.75 Å². The summed E-state index contributed by atoms with van der Waals surface area (Å²) < 4.78 is 28.8. The molecule has 0 fully saturated rings. The van der Waals surface area contributed by atoms with E-state index in [1.807, 2.05) is 6.92 Å². The van der Waals surface area contributed by atoms with Gasteiger partial charge in [0.15, 0.2) is 0 Å². The lowest BCUT2D eigenvalue weighted by Crippen LogP contribution is -2.13. The van der Waals surface area contributed by atoms with Crippen LogP contribution >= 0.6 is 0 Å². The highest BCUT2D eigenvalue weighted by Gasteiger charge is 2.16. The van der Waals surface area contributed by atoms with Crippen molar-refractivity contribution in [2.24, 2.45) is 5.14 Å². The molecule has 20 heavy (non-hydrogen) atoms. The second-order valence-corrected chi connectivity index (χ2v) is 6.09. The number of nitrogens with zero attached hydrogens (tertiary/aromatic N) is 1. The molecule has 2 aromatic rings. The fraction of sp³-hybridized carbons (Fsp3) is 0.214. The maximum absolute atomic E-state index is 11.5. The normalized spacial score (nSPS) is 11.5. The van der Waals surface area contributed by atoms with Crippen molar-refractivity contribution in [3.63, 3.8) is 0 Å². The third kappa shape index (κ3) is 3.15. The van der Waals surface area contributed by atoms with Crippen molar-refractivity contribution in [2.45, 2.75) is 18.2 Å². The van der Waals surface area contributed by atoms with Gasteiger partial charge in [0.2, 0.25) is 10.0 Å². The Labute approximate surface area is 118 Å². The second kappa shape index (κ2) is 5.60. The van der Waals surface area contributed by atoms with Crippen molar-refractivity contribution in [1.29, 1.82) is 0 Å². The summed E-state index contributed by atoms with van der Waals surface area (Å²) in [6, 6.07) is 6.50. The molecule has 2 N–H and O–H groups in total. The maximum Gasteiger partial charge on any atom is 0.240 e. The first kappa shape index (κ1) is 14.5. The number of benzene rings is 1. The molecule has 5 nitrogen and oxygen atoms in total. The molecule has 1 aromatic carbocycles. The largest absolute Gasteiger partial charge is 0.493 e. The van der Waals surface area contributed by atoms with Crippen molar-refractivity contribution < 1.29 is 13.2 Å². The van der Waals surface area contributed by atoms with E-state index in [0.29, 0.717) is 23.3 Å². The molecule has 0 aliphatic carbocycles. The molecule has 6 heteroatoms. The van der Waals surface area contributed by atoms with E-state index in [1.54, 1.807) is 18.2 Å². The smallest absolute Gasteiger partial charge is 0.240 e. The van der Waals surface area contributed by atoms with Crippen molar-refractivity contribution in [1.82, 2.24) is 4.98 Å². The zero-order chi connectivity index (χ0) is 14.8. The van der Waals surface area contributed by atoms with Crippen LogP contribution in [0.4, 0.5) is 0 Å². The molecule has 106 valence electrons. The SMILES string of the molecule is C=C(C)CCOc1ccc(S(N)(=O)=O)c2ncccc12. The molecular formula is C14H16N2O3S. The van der Waals surface area contributed by atoms with Gasteiger partial charge in [-0.15, -0.1) is 6.58 Å². The van der Waals surface area contributed by atoms with Crippen LogP contribution in [0.2, 0.25) is 0 Å². The highest BCUT2D eigenvalue weighted by Crippen LogP contribution is 2.29. The molecular weight excluding hydrogens is 276 g/mol. The van der Waals surface area contributed by atoms with E-state index in [1.165, 1.54) is 12.3 Å². The molecule has 0 saturated heterocycles. The summed E-state index contributed by atoms with van der Waals surface area (Å²) >= 11 is 0. The fourth-order valence-corrected chi connectivity index (χ4v) is 2.50. The molecule has 1 aromatic heterocycles. The van der Waals surface area contributed by atoms with Crippen molar-refractivity contribution in [2.75, 3.05) is 6.61 Å². The van der Waals surface area contributed by atoms with Crippen molar-refractivity contribution >= 4 is 20.9 Å². The van der Waals surface area contributed by atoms with E-state index in [4.69, 9.17) is 9.88 Å². The first-order chi connectivity index (χ1) is 9.39. The van der Waals surface area contributed by atoms with Gasteiger partial charge >= 0.3 is 0 Å². The van der Waals surface area contributed by atoms with Gasteiger partial charge in [-0.3, -0.25) is 4.98 Å². The summed E-state index contributed by atoms with van der Waals surface area (Å²) in [7, 11) is -3.81. The molecule has 0 aliphatic heterocycles. The predicted octanol–water partition coefficient (Wildman–Crippen LogP) is 2.23. The minimum Gasteiger partial charge on any atom is -0.493 e. The van der Waals surface area contributed by atoms with Crippen LogP contribution in [0.15, 0.2) is 47.5 Å². The molecule has 0 unspecified atom stereocenters. The Balaban J connectivity index is 2.46. The minimum atomic E-state index is -3.81. The number of aromatic nitrogens is 1. The highest BCUT2D eigenvalue weighted by atomic mass is 32.2. The average Bonchev–Trinajstić information content (AvgIpc) is 2.37. The van der Waals surface area contributed by atoms with Gasteiger partial charge in [-0.05, 0) is 31.2 Å². The Hall–Kier alpha value is -1.92. The fourth-order valence-electron chi connectivity index (χ4n) is 1.81. The predicted molar refractivity (Wildman–Crippen MR) is 78.0 cm³/mol. The highest BCUT2D eigenvalue weighted by molar-refractivity contribution is 7.89. The Morgan fingerprint density at radius 3 is 2.80 bits per heavy atom. The summed E-state index contributed by atoms with van der Waals surface area (Å²) in [5, 5.41) is 5.82. The topological polar surface area (TPSA) is 82.3 Å². The number of ether oxygens (including phenoxy) is 1. The summed E-state index contributed by atoms with van der Waals surface area (Å²) in [5.41, 5.74) is 1.34. The van der Waals surface area contributed by atoms with Crippen LogP contribution in [-0.4, -0.2) is 20.0 Å². The van der Waals surface area contributed by atoms with Crippen LogP contribution in [0.1, 0.15) is 13.3 Å². The average molecular weight is 292 g/mol. The van der Waals surface area contributed by atoms with E-state index in [0.717, 1.165) is 12.0 Å². The molecule has 0 spiro atoms. The van der Waals surface area contributed by atoms with Crippen LogP contribution < -0.4 is 9.88 Å². The first-order valence-corrected chi connectivity index (χ1v) is 7.62. The number of sulfonamides is 1. The number of hydrogen-bond acceptors (Lipinski definition) is 4. The van der Waals surface area contributed by atoms with Gasteiger partial charge in [0, 0.05) is 18.0 Å². The zero-order valence-electron chi connectivity index (χ0n) is 11.2. The summed E-state index contributed by atoms with van der Waals surface area (Å²) in [6.07, 6.45) is 2.26. The number of primary sulfonamides is 1. The van der Waals surface area contributed by atoms with E-state index < -0.39 is 10.0 Å². The van der Waals surface area contributed by atoms with Gasteiger partial charge in [-0.25, -0.2) is 13.6 Å². The monoisotopic (exact) mass is 292 g/mol. The van der Waals surface area contributed by atoms with E-state index in [-0.39, 0.29) is 4.90 Å². The lowest BCUT2D eigenvalue weighted by molar-refractivity contribution is 0.325. The lowest BCUT2D eigenvalue weighted by Gasteiger charge is -2.11. The van der Waals surface area contributed by atoms with Crippen LogP contribution in [-0.2, 0) is 10.0 Å². The van der Waals surface area contributed by atoms with Gasteiger partial charge in [-0.2, -0.15) is 0 Å². The number of nitrogens with two attached hydrogens (primary N) is 1. The number of rotatable bonds is 5. The third-order valence-electron chi connectivity index (χ3n) is 2.79. The summed E-state index contributed by atoms with van der Waals surface area (Å²) in [4.78, 5) is 4.10. The number of fused-ring (bicyclic) bond motifs is 1. The van der Waals surface area contributed by atoms with E-state index >= 15 is 0 Å². The molecule has 0 radical (unpaired) electrons. The van der Waals surface area contributed by atoms with Gasteiger partial charge in [0.25, 0.3) is 0 Å². The molecule has 2 rings (SSSR count). The van der Waals surface area contributed by atoms with Gasteiger partial charge in [0.05, 0.1) is 12.1 Å². The summed E-state index contributed by atoms with van der Waals surface area (Å²) in [6.45, 7) is 6.21. The minimum absolute atomic E-state index is 0.000325. The van der Waals surface area contributed by atoms with Crippen molar-refractivity contribution in [3.05, 3.63) is 42.6 Å². The van der Waals surface area contributed by atoms with Gasteiger partial charge in [-0.1, -0.05) is 5.57 Å². The Bertz CT molecular complexity index is 754. The maximum atomic E-state index is 11.5. The number of hydrogen-bond donors (Lipinski definition) is 1. The van der Waals surface area contributed by atoms with Crippen LogP contribution in [0.25, 0.3) is 10.9 Å². The van der Waals surface area contributed by atoms with E-state index in [9.17, 15) is 8.42 Å². The van der Waals surface area contributed by atoms with E-state index in [2.05, 4.69) is 11.6 Å². The van der Waals surface area contributed by atoms with Crippen LogP contribution in [0.3, 0.4) is 0 Å². The molecule has 0 saturated carbocycles. The Kier molecular flexibility index (Phi) is 4.06. The number of pyridine rings is 1. The third-order valence-corrected chi connectivity index (χ3v) is 3.73.